The second-order valence-corrected chi connectivity index (χ2v) is 4.17. The monoisotopic (exact) mass is 241 g/mol. The van der Waals surface area contributed by atoms with Crippen LogP contribution in [-0.2, 0) is 6.42 Å². The minimum atomic E-state index is 0.0990. The van der Waals surface area contributed by atoms with Gasteiger partial charge in [0.1, 0.15) is 0 Å². The molecular weight excluding hydrogens is 226 g/mol. The zero-order valence-electron chi connectivity index (χ0n) is 10.5. The highest BCUT2D eigenvalue weighted by molar-refractivity contribution is 5.97. The van der Waals surface area contributed by atoms with E-state index in [9.17, 15) is 4.79 Å². The normalized spacial score (nSPS) is 10.1. The molecule has 2 rings (SSSR count). The van der Waals surface area contributed by atoms with E-state index in [1.54, 1.807) is 19.4 Å². The van der Waals surface area contributed by atoms with Gasteiger partial charge in [0.25, 0.3) is 0 Å². The van der Waals surface area contributed by atoms with Crippen LogP contribution >= 0.6 is 0 Å². The average Bonchev–Trinajstić information content (AvgIpc) is 2.40. The number of ketones is 1. The van der Waals surface area contributed by atoms with Gasteiger partial charge in [-0.15, -0.1) is 0 Å². The predicted molar refractivity (Wildman–Crippen MR) is 70.0 cm³/mol. The van der Waals surface area contributed by atoms with E-state index >= 15 is 0 Å². The zero-order valence-corrected chi connectivity index (χ0v) is 10.5. The first kappa shape index (κ1) is 12.3. The van der Waals surface area contributed by atoms with Gasteiger partial charge in [-0.1, -0.05) is 35.9 Å². The third kappa shape index (κ3) is 2.94. The van der Waals surface area contributed by atoms with E-state index in [2.05, 4.69) is 4.98 Å². The smallest absolute Gasteiger partial charge is 0.212 e. The van der Waals surface area contributed by atoms with Gasteiger partial charge in [-0.2, -0.15) is 0 Å². The summed E-state index contributed by atoms with van der Waals surface area (Å²) in [5.41, 5.74) is 2.77. The minimum Gasteiger partial charge on any atom is -0.481 e. The fourth-order valence-corrected chi connectivity index (χ4v) is 1.66. The Kier molecular flexibility index (Phi) is 3.72. The van der Waals surface area contributed by atoms with Crippen LogP contribution < -0.4 is 4.74 Å². The standard InChI is InChI=1S/C15H15NO2/c1-11-3-6-13(7-4-11)14(17)9-12-5-8-15(18-2)16-10-12/h3-8,10H,9H2,1-2H3. The van der Waals surface area contributed by atoms with Crippen LogP contribution in [0.4, 0.5) is 0 Å². The van der Waals surface area contributed by atoms with Crippen molar-refractivity contribution < 1.29 is 9.53 Å². The highest BCUT2D eigenvalue weighted by Gasteiger charge is 2.07. The second kappa shape index (κ2) is 5.45. The number of carbonyl (C=O) groups is 1. The molecule has 0 saturated heterocycles. The molecule has 3 nitrogen and oxygen atoms in total. The van der Waals surface area contributed by atoms with Gasteiger partial charge in [-0.3, -0.25) is 4.79 Å². The predicted octanol–water partition coefficient (Wildman–Crippen LogP) is 2.82. The third-order valence-corrected chi connectivity index (χ3v) is 2.74. The highest BCUT2D eigenvalue weighted by atomic mass is 16.5. The van der Waals surface area contributed by atoms with Crippen molar-refractivity contribution in [1.29, 1.82) is 0 Å². The van der Waals surface area contributed by atoms with Crippen molar-refractivity contribution in [3.63, 3.8) is 0 Å². The van der Waals surface area contributed by atoms with E-state index in [4.69, 9.17) is 4.74 Å². The van der Waals surface area contributed by atoms with Gasteiger partial charge < -0.3 is 4.74 Å². The number of rotatable bonds is 4. The van der Waals surface area contributed by atoms with E-state index < -0.39 is 0 Å². The van der Waals surface area contributed by atoms with Gasteiger partial charge in [-0.05, 0) is 12.5 Å². The van der Waals surface area contributed by atoms with Crippen LogP contribution in [-0.4, -0.2) is 17.9 Å². The quantitative estimate of drug-likeness (QED) is 0.773. The molecule has 1 aromatic heterocycles. The van der Waals surface area contributed by atoms with Gasteiger partial charge in [0.15, 0.2) is 5.78 Å². The van der Waals surface area contributed by atoms with Crippen LogP contribution in [0.5, 0.6) is 5.88 Å². The van der Waals surface area contributed by atoms with Gasteiger partial charge in [0, 0.05) is 24.2 Å². The van der Waals surface area contributed by atoms with Gasteiger partial charge in [-0.25, -0.2) is 4.98 Å². The minimum absolute atomic E-state index is 0.0990. The van der Waals surface area contributed by atoms with Crippen molar-refractivity contribution in [1.82, 2.24) is 4.98 Å². The number of aromatic nitrogens is 1. The molecule has 0 aliphatic carbocycles. The molecule has 0 unspecified atom stereocenters. The van der Waals surface area contributed by atoms with Gasteiger partial charge in [0.2, 0.25) is 5.88 Å². The highest BCUT2D eigenvalue weighted by Crippen LogP contribution is 2.11. The summed E-state index contributed by atoms with van der Waals surface area (Å²) in [4.78, 5) is 16.1. The Balaban J connectivity index is 2.08. The lowest BCUT2D eigenvalue weighted by Crippen LogP contribution is -2.03. The number of Topliss-reactive ketones (excluding diaryl/α,β-unsaturated/α-hetero) is 1. The molecule has 1 heterocycles. The van der Waals surface area contributed by atoms with Crippen molar-refractivity contribution in [3.8, 4) is 5.88 Å². The first-order valence-corrected chi connectivity index (χ1v) is 5.78. The lowest BCUT2D eigenvalue weighted by Gasteiger charge is -2.03. The maximum Gasteiger partial charge on any atom is 0.212 e. The molecule has 0 amide bonds. The molecule has 0 spiro atoms. The summed E-state index contributed by atoms with van der Waals surface area (Å²) < 4.78 is 4.98. The molecule has 2 aromatic rings. The summed E-state index contributed by atoms with van der Waals surface area (Å²) in [6.07, 6.45) is 2.03. The zero-order chi connectivity index (χ0) is 13.0. The number of methoxy groups -OCH3 is 1. The average molecular weight is 241 g/mol. The maximum absolute atomic E-state index is 12.0. The SMILES string of the molecule is COc1ccc(CC(=O)c2ccc(C)cc2)cn1. The largest absolute Gasteiger partial charge is 0.481 e. The lowest BCUT2D eigenvalue weighted by molar-refractivity contribution is 0.0993. The van der Waals surface area contributed by atoms with E-state index in [1.165, 1.54) is 0 Å². The number of aryl methyl sites for hydroxylation is 1. The van der Waals surface area contributed by atoms with Crippen LogP contribution in [0.15, 0.2) is 42.6 Å². The Morgan fingerprint density at radius 3 is 2.44 bits per heavy atom. The van der Waals surface area contributed by atoms with Crippen LogP contribution in [0, 0.1) is 6.92 Å². The van der Waals surface area contributed by atoms with E-state index in [-0.39, 0.29) is 5.78 Å². The summed E-state index contributed by atoms with van der Waals surface area (Å²) in [6, 6.07) is 11.2. The molecule has 1 aromatic carbocycles. The van der Waals surface area contributed by atoms with Gasteiger partial charge >= 0.3 is 0 Å². The number of pyridine rings is 1. The molecule has 3 heteroatoms. The van der Waals surface area contributed by atoms with Crippen LogP contribution in [0.25, 0.3) is 0 Å². The van der Waals surface area contributed by atoms with Crippen molar-refractivity contribution in [3.05, 3.63) is 59.3 Å². The molecule has 0 saturated carbocycles. The summed E-state index contributed by atoms with van der Waals surface area (Å²) >= 11 is 0. The fraction of sp³-hybridized carbons (Fsp3) is 0.200. The molecule has 0 fully saturated rings. The van der Waals surface area contributed by atoms with Crippen molar-refractivity contribution in [2.24, 2.45) is 0 Å². The van der Waals surface area contributed by atoms with Crippen LogP contribution in [0.3, 0.4) is 0 Å². The topological polar surface area (TPSA) is 39.2 Å². The number of hydrogen-bond acceptors (Lipinski definition) is 3. The maximum atomic E-state index is 12.0. The Labute approximate surface area is 106 Å². The number of ether oxygens (including phenoxy) is 1. The molecule has 0 bridgehead atoms. The van der Waals surface area contributed by atoms with E-state index in [0.29, 0.717) is 12.3 Å². The summed E-state index contributed by atoms with van der Waals surface area (Å²) in [6.45, 7) is 2.00. The Bertz CT molecular complexity index is 529. The molecule has 0 N–H and O–H groups in total. The molecule has 0 aliphatic heterocycles. The van der Waals surface area contributed by atoms with Gasteiger partial charge in [0.05, 0.1) is 7.11 Å². The first-order valence-electron chi connectivity index (χ1n) is 5.78. The molecule has 18 heavy (non-hydrogen) atoms. The van der Waals surface area contributed by atoms with Crippen molar-refractivity contribution in [2.45, 2.75) is 13.3 Å². The summed E-state index contributed by atoms with van der Waals surface area (Å²) in [7, 11) is 1.57. The molecule has 0 radical (unpaired) electrons. The van der Waals surface area contributed by atoms with E-state index in [0.717, 1.165) is 16.7 Å². The lowest BCUT2D eigenvalue weighted by atomic mass is 10.0. The van der Waals surface area contributed by atoms with Crippen molar-refractivity contribution >= 4 is 5.78 Å². The third-order valence-electron chi connectivity index (χ3n) is 2.74. The second-order valence-electron chi connectivity index (χ2n) is 4.17. The Hall–Kier alpha value is -2.16. The number of hydrogen-bond donors (Lipinski definition) is 0. The number of nitrogens with zero attached hydrogens (tertiary/aromatic N) is 1. The molecule has 0 aliphatic rings. The van der Waals surface area contributed by atoms with E-state index in [1.807, 2.05) is 37.3 Å². The molecule has 0 atom stereocenters. The van der Waals surface area contributed by atoms with Crippen molar-refractivity contribution in [2.75, 3.05) is 7.11 Å². The Morgan fingerprint density at radius 2 is 1.89 bits per heavy atom. The number of benzene rings is 1. The summed E-state index contributed by atoms with van der Waals surface area (Å²) in [5, 5.41) is 0. The van der Waals surface area contributed by atoms with Crippen LogP contribution in [0.1, 0.15) is 21.5 Å². The molecular formula is C15H15NO2. The number of carbonyl (C=O) groups excluding carboxylic acids is 1. The molecule has 92 valence electrons. The fourth-order valence-electron chi connectivity index (χ4n) is 1.66. The van der Waals surface area contributed by atoms with Crippen LogP contribution in [0.2, 0.25) is 0 Å². The summed E-state index contributed by atoms with van der Waals surface area (Å²) in [5.74, 6) is 0.656. The Morgan fingerprint density at radius 1 is 1.17 bits per heavy atom. The first-order chi connectivity index (χ1) is 8.69.